The van der Waals surface area contributed by atoms with Crippen LogP contribution in [0.15, 0.2) is 85.0 Å². The first-order valence-electron chi connectivity index (χ1n) is 18.2. The Kier molecular flexibility index (Phi) is 10.6. The Labute approximate surface area is 305 Å². The SMILES string of the molecule is C=CC(C)(C)c1[nH]c2c(CC=C(C)C)c(O)ccc2c1CC(NC(=O)[C@@H]1CCCN1C(=O)OCC1c2ccccc2-c2ccccc21)C(=O)OCC. The zero-order valence-corrected chi connectivity index (χ0v) is 30.8. The third-order valence-electron chi connectivity index (χ3n) is 10.5. The summed E-state index contributed by atoms with van der Waals surface area (Å²) in [6.07, 6.45) is 5.05. The lowest BCUT2D eigenvalue weighted by atomic mass is 9.85. The number of likely N-dealkylation sites (tertiary alicyclic amines) is 1. The predicted octanol–water partition coefficient (Wildman–Crippen LogP) is 7.85. The van der Waals surface area contributed by atoms with E-state index < -0.39 is 35.5 Å². The van der Waals surface area contributed by atoms with E-state index in [0.29, 0.717) is 25.8 Å². The number of nitrogens with zero attached hydrogens (tertiary/aromatic N) is 1. The van der Waals surface area contributed by atoms with Crippen LogP contribution in [0.4, 0.5) is 4.79 Å². The van der Waals surface area contributed by atoms with Crippen LogP contribution in [-0.4, -0.2) is 64.8 Å². The number of aromatic hydroxyl groups is 1. The molecule has 2 amide bonds. The average Bonchev–Trinajstić information content (AvgIpc) is 3.85. The molecule has 4 aromatic rings. The first-order chi connectivity index (χ1) is 24.9. The summed E-state index contributed by atoms with van der Waals surface area (Å²) in [7, 11) is 0. The molecule has 6 rings (SSSR count). The van der Waals surface area contributed by atoms with Gasteiger partial charge in [-0.2, -0.15) is 0 Å². The van der Waals surface area contributed by atoms with Crippen LogP contribution >= 0.6 is 0 Å². The van der Waals surface area contributed by atoms with E-state index in [2.05, 4.69) is 47.2 Å². The number of phenols is 1. The molecule has 2 heterocycles. The number of aromatic nitrogens is 1. The Morgan fingerprint density at radius 3 is 2.33 bits per heavy atom. The van der Waals surface area contributed by atoms with Crippen LogP contribution in [-0.2, 0) is 37.3 Å². The van der Waals surface area contributed by atoms with Gasteiger partial charge in [0.1, 0.15) is 24.4 Å². The van der Waals surface area contributed by atoms with Crippen molar-refractivity contribution in [3.63, 3.8) is 0 Å². The second-order valence-electron chi connectivity index (χ2n) is 14.5. The van der Waals surface area contributed by atoms with Gasteiger partial charge in [-0.15, -0.1) is 6.58 Å². The lowest BCUT2D eigenvalue weighted by molar-refractivity contribution is -0.147. The van der Waals surface area contributed by atoms with Gasteiger partial charge < -0.3 is 24.9 Å². The van der Waals surface area contributed by atoms with E-state index in [0.717, 1.165) is 55.6 Å². The summed E-state index contributed by atoms with van der Waals surface area (Å²) in [5.41, 5.74) is 8.24. The minimum Gasteiger partial charge on any atom is -0.508 e. The Morgan fingerprint density at radius 1 is 1.02 bits per heavy atom. The van der Waals surface area contributed by atoms with Gasteiger partial charge in [0.05, 0.1) is 12.1 Å². The maximum absolute atomic E-state index is 14.0. The van der Waals surface area contributed by atoms with Crippen molar-refractivity contribution < 1.29 is 29.0 Å². The highest BCUT2D eigenvalue weighted by Gasteiger charge is 2.39. The molecule has 9 heteroatoms. The molecule has 0 radical (unpaired) electrons. The highest BCUT2D eigenvalue weighted by molar-refractivity contribution is 5.93. The molecule has 2 atom stereocenters. The topological polar surface area (TPSA) is 121 Å². The molecule has 0 spiro atoms. The number of rotatable bonds is 12. The quantitative estimate of drug-likeness (QED) is 0.102. The van der Waals surface area contributed by atoms with E-state index in [-0.39, 0.29) is 31.3 Å². The third kappa shape index (κ3) is 7.09. The van der Waals surface area contributed by atoms with Crippen molar-refractivity contribution in [3.05, 3.63) is 113 Å². The van der Waals surface area contributed by atoms with Gasteiger partial charge in [-0.25, -0.2) is 9.59 Å². The van der Waals surface area contributed by atoms with Gasteiger partial charge in [0.15, 0.2) is 0 Å². The zero-order chi connectivity index (χ0) is 37.2. The molecular formula is C43H49N3O6. The van der Waals surface area contributed by atoms with Crippen molar-refractivity contribution >= 4 is 28.9 Å². The van der Waals surface area contributed by atoms with Crippen molar-refractivity contribution in [2.24, 2.45) is 0 Å². The molecule has 1 saturated heterocycles. The van der Waals surface area contributed by atoms with Gasteiger partial charge in [0.2, 0.25) is 5.91 Å². The van der Waals surface area contributed by atoms with Gasteiger partial charge in [-0.1, -0.05) is 80.1 Å². The number of phenolic OH excluding ortho intramolecular Hbond substituents is 1. The van der Waals surface area contributed by atoms with Gasteiger partial charge in [0, 0.05) is 40.9 Å². The van der Waals surface area contributed by atoms with Crippen molar-refractivity contribution in [2.75, 3.05) is 19.8 Å². The normalized spacial score (nSPS) is 15.9. The molecule has 0 bridgehead atoms. The van der Waals surface area contributed by atoms with E-state index in [1.807, 2.05) is 64.1 Å². The molecule has 3 aromatic carbocycles. The molecule has 3 N–H and O–H groups in total. The Bertz CT molecular complexity index is 1990. The fourth-order valence-electron chi connectivity index (χ4n) is 7.59. The number of aromatic amines is 1. The second kappa shape index (κ2) is 15.1. The van der Waals surface area contributed by atoms with Crippen LogP contribution in [0.3, 0.4) is 0 Å². The van der Waals surface area contributed by atoms with Crippen molar-refractivity contribution in [1.82, 2.24) is 15.2 Å². The number of esters is 1. The number of benzene rings is 3. The standard InChI is InChI=1S/C43H49N3O6/c1-7-43(5,6)39-33(31-21-22-37(47)32(38(31)45-39)20-19-26(3)4)24-35(41(49)51-8-2)44-40(48)36-18-13-23-46(36)42(50)52-25-34-29-16-11-9-14-27(29)28-15-10-12-17-30(28)34/h7,9-12,14-17,19,21-22,34-36,45,47H,1,8,13,18,20,23-25H2,2-6H3,(H,44,48)/t35?,36-/m0/s1. The van der Waals surface area contributed by atoms with Crippen LogP contribution < -0.4 is 5.32 Å². The largest absolute Gasteiger partial charge is 0.508 e. The maximum Gasteiger partial charge on any atom is 0.410 e. The first-order valence-corrected chi connectivity index (χ1v) is 18.2. The number of fused-ring (bicyclic) bond motifs is 4. The fourth-order valence-corrected chi connectivity index (χ4v) is 7.59. The molecule has 1 aromatic heterocycles. The van der Waals surface area contributed by atoms with E-state index in [1.54, 1.807) is 13.0 Å². The number of hydrogen-bond donors (Lipinski definition) is 3. The van der Waals surface area contributed by atoms with Crippen LogP contribution in [0.5, 0.6) is 5.75 Å². The first kappa shape index (κ1) is 36.5. The highest BCUT2D eigenvalue weighted by Crippen LogP contribution is 2.44. The molecular weight excluding hydrogens is 654 g/mol. The second-order valence-corrected chi connectivity index (χ2v) is 14.5. The van der Waals surface area contributed by atoms with Crippen LogP contribution in [0.2, 0.25) is 0 Å². The van der Waals surface area contributed by atoms with Crippen LogP contribution in [0, 0.1) is 0 Å². The number of amides is 2. The Hall–Kier alpha value is -5.31. The van der Waals surface area contributed by atoms with E-state index in [9.17, 15) is 19.5 Å². The van der Waals surface area contributed by atoms with Gasteiger partial charge >= 0.3 is 12.1 Å². The van der Waals surface area contributed by atoms with E-state index in [1.165, 1.54) is 4.90 Å². The summed E-state index contributed by atoms with van der Waals surface area (Å²) < 4.78 is 11.4. The van der Waals surface area contributed by atoms with Gasteiger partial charge in [-0.05, 0) is 80.0 Å². The Morgan fingerprint density at radius 2 is 1.69 bits per heavy atom. The minimum absolute atomic E-state index is 0.103. The zero-order valence-electron chi connectivity index (χ0n) is 30.8. The summed E-state index contributed by atoms with van der Waals surface area (Å²) in [5.74, 6) is -0.934. The molecule has 0 saturated carbocycles. The van der Waals surface area contributed by atoms with Crippen molar-refractivity contribution in [3.8, 4) is 16.9 Å². The highest BCUT2D eigenvalue weighted by atomic mass is 16.6. The fraction of sp³-hybridized carbons (Fsp3) is 0.372. The summed E-state index contributed by atoms with van der Waals surface area (Å²) in [6, 6.07) is 18.0. The molecule has 52 heavy (non-hydrogen) atoms. The smallest absolute Gasteiger partial charge is 0.410 e. The average molecular weight is 704 g/mol. The molecule has 2 aliphatic rings. The molecule has 1 unspecified atom stereocenters. The lowest BCUT2D eigenvalue weighted by Gasteiger charge is -2.27. The summed E-state index contributed by atoms with van der Waals surface area (Å²) in [4.78, 5) is 46.2. The number of H-pyrrole nitrogens is 1. The monoisotopic (exact) mass is 703 g/mol. The minimum atomic E-state index is -1.04. The van der Waals surface area contributed by atoms with Crippen LogP contribution in [0.1, 0.15) is 81.3 Å². The molecule has 1 aliphatic carbocycles. The lowest BCUT2D eigenvalue weighted by Crippen LogP contribution is -2.52. The molecule has 1 aliphatic heterocycles. The summed E-state index contributed by atoms with van der Waals surface area (Å²) >= 11 is 0. The number of carbonyl (C=O) groups is 3. The maximum atomic E-state index is 14.0. The molecule has 272 valence electrons. The van der Waals surface area contributed by atoms with Crippen LogP contribution in [0.25, 0.3) is 22.0 Å². The molecule has 9 nitrogen and oxygen atoms in total. The predicted molar refractivity (Wildman–Crippen MR) is 203 cm³/mol. The number of nitrogens with one attached hydrogen (secondary N) is 2. The van der Waals surface area contributed by atoms with Crippen molar-refractivity contribution in [2.45, 2.75) is 83.7 Å². The number of carbonyl (C=O) groups excluding carboxylic acids is 3. The van der Waals surface area contributed by atoms with Gasteiger partial charge in [-0.3, -0.25) is 9.69 Å². The van der Waals surface area contributed by atoms with E-state index in [4.69, 9.17) is 9.47 Å². The number of hydrogen-bond acceptors (Lipinski definition) is 6. The van der Waals surface area contributed by atoms with Gasteiger partial charge in [0.25, 0.3) is 0 Å². The third-order valence-corrected chi connectivity index (χ3v) is 10.5. The number of ether oxygens (including phenoxy) is 2. The Balaban J connectivity index is 1.24. The number of allylic oxidation sites excluding steroid dienone is 3. The van der Waals surface area contributed by atoms with E-state index >= 15 is 0 Å². The summed E-state index contributed by atoms with van der Waals surface area (Å²) in [6.45, 7) is 14.5. The molecule has 1 fully saturated rings. The summed E-state index contributed by atoms with van der Waals surface area (Å²) in [5, 5.41) is 14.7. The van der Waals surface area contributed by atoms with Crippen molar-refractivity contribution in [1.29, 1.82) is 0 Å².